The van der Waals surface area contributed by atoms with E-state index >= 15 is 0 Å². The van der Waals surface area contributed by atoms with E-state index < -0.39 is 5.91 Å². The van der Waals surface area contributed by atoms with Crippen LogP contribution in [0.4, 0.5) is 4.79 Å². The van der Waals surface area contributed by atoms with Gasteiger partial charge >= 0.3 is 6.03 Å². The molecule has 3 aromatic rings. The van der Waals surface area contributed by atoms with Crippen LogP contribution in [0.25, 0.3) is 10.9 Å². The van der Waals surface area contributed by atoms with Crippen molar-refractivity contribution in [1.82, 2.24) is 20.3 Å². The smallest absolute Gasteiger partial charge is 0.321 e. The van der Waals surface area contributed by atoms with Gasteiger partial charge < -0.3 is 19.3 Å². The number of benzene rings is 2. The van der Waals surface area contributed by atoms with E-state index in [1.807, 2.05) is 35.2 Å². The molecule has 0 radical (unpaired) electrons. The Morgan fingerprint density at radius 3 is 2.73 bits per heavy atom. The SMILES string of the molecule is O=C(NO)c1ccc2c(c1)OC[C@@H](c1cccc3cccnc13)N(C(=O)N1CCOCC1)C2. The fourth-order valence-electron chi connectivity index (χ4n) is 4.37. The molecular weight excluding hydrogens is 424 g/mol. The Morgan fingerprint density at radius 2 is 1.91 bits per heavy atom. The molecule has 3 heterocycles. The molecule has 9 nitrogen and oxygen atoms in total. The molecule has 0 unspecified atom stereocenters. The topological polar surface area (TPSA) is 104 Å². The van der Waals surface area contributed by atoms with Gasteiger partial charge in [-0.1, -0.05) is 30.3 Å². The molecule has 9 heteroatoms. The molecule has 0 spiro atoms. The number of ether oxygens (including phenoxy) is 2. The van der Waals surface area contributed by atoms with E-state index in [1.54, 1.807) is 34.8 Å². The molecule has 2 aliphatic rings. The predicted molar refractivity (Wildman–Crippen MR) is 119 cm³/mol. The van der Waals surface area contributed by atoms with E-state index in [4.69, 9.17) is 14.7 Å². The highest BCUT2D eigenvalue weighted by atomic mass is 16.5. The van der Waals surface area contributed by atoms with Crippen molar-refractivity contribution in [2.24, 2.45) is 0 Å². The second-order valence-electron chi connectivity index (χ2n) is 8.02. The van der Waals surface area contributed by atoms with Gasteiger partial charge in [-0.15, -0.1) is 0 Å². The minimum Gasteiger partial charge on any atom is -0.491 e. The monoisotopic (exact) mass is 448 g/mol. The van der Waals surface area contributed by atoms with E-state index in [-0.39, 0.29) is 24.2 Å². The lowest BCUT2D eigenvalue weighted by atomic mass is 10.0. The first-order chi connectivity index (χ1) is 16.2. The van der Waals surface area contributed by atoms with E-state index in [9.17, 15) is 9.59 Å². The summed E-state index contributed by atoms with van der Waals surface area (Å²) in [5.74, 6) is -0.117. The van der Waals surface area contributed by atoms with Gasteiger partial charge in [-0.25, -0.2) is 10.3 Å². The van der Waals surface area contributed by atoms with Crippen LogP contribution in [0.15, 0.2) is 54.7 Å². The van der Waals surface area contributed by atoms with Gasteiger partial charge in [-0.2, -0.15) is 0 Å². The molecule has 0 bridgehead atoms. The number of para-hydroxylation sites is 1. The summed E-state index contributed by atoms with van der Waals surface area (Å²) < 4.78 is 11.6. The molecule has 2 aliphatic heterocycles. The van der Waals surface area contributed by atoms with Gasteiger partial charge in [0.15, 0.2) is 0 Å². The van der Waals surface area contributed by atoms with Gasteiger partial charge in [0.2, 0.25) is 0 Å². The first-order valence-electron chi connectivity index (χ1n) is 10.8. The van der Waals surface area contributed by atoms with Crippen LogP contribution >= 0.6 is 0 Å². The first kappa shape index (κ1) is 21.2. The Morgan fingerprint density at radius 1 is 1.09 bits per heavy atom. The maximum atomic E-state index is 13.7. The average Bonchev–Trinajstić information content (AvgIpc) is 3.07. The van der Waals surface area contributed by atoms with Gasteiger partial charge in [0, 0.05) is 41.4 Å². The number of amides is 3. The number of hydrogen-bond donors (Lipinski definition) is 2. The molecule has 2 N–H and O–H groups in total. The zero-order valence-corrected chi connectivity index (χ0v) is 17.9. The maximum Gasteiger partial charge on any atom is 0.321 e. The summed E-state index contributed by atoms with van der Waals surface area (Å²) in [4.78, 5) is 33.8. The van der Waals surface area contributed by atoms with Crippen molar-refractivity contribution in [2.75, 3.05) is 32.9 Å². The van der Waals surface area contributed by atoms with Gasteiger partial charge in [0.25, 0.3) is 5.91 Å². The normalized spacial score (nSPS) is 18.3. The second kappa shape index (κ2) is 9.05. The number of urea groups is 1. The summed E-state index contributed by atoms with van der Waals surface area (Å²) in [6.07, 6.45) is 1.74. The Labute approximate surface area is 190 Å². The van der Waals surface area contributed by atoms with Crippen LogP contribution in [0.2, 0.25) is 0 Å². The highest BCUT2D eigenvalue weighted by molar-refractivity contribution is 5.94. The molecule has 1 atom stereocenters. The van der Waals surface area contributed by atoms with Crippen molar-refractivity contribution >= 4 is 22.8 Å². The van der Waals surface area contributed by atoms with Crippen molar-refractivity contribution in [2.45, 2.75) is 12.6 Å². The van der Waals surface area contributed by atoms with Crippen molar-refractivity contribution in [3.05, 3.63) is 71.4 Å². The Bertz CT molecular complexity index is 1190. The number of carbonyl (C=O) groups is 2. The molecular formula is C24H24N4O5. The molecule has 0 aliphatic carbocycles. The van der Waals surface area contributed by atoms with Crippen molar-refractivity contribution in [3.8, 4) is 5.75 Å². The van der Waals surface area contributed by atoms with Gasteiger partial charge in [0.1, 0.15) is 12.4 Å². The van der Waals surface area contributed by atoms with E-state index in [0.717, 1.165) is 22.0 Å². The number of carbonyl (C=O) groups excluding carboxylic acids is 2. The molecule has 1 aromatic heterocycles. The van der Waals surface area contributed by atoms with Gasteiger partial charge in [-0.05, 0) is 18.2 Å². The molecule has 1 saturated heterocycles. The third-order valence-corrected chi connectivity index (χ3v) is 6.09. The van der Waals surface area contributed by atoms with Crippen LogP contribution in [0.1, 0.15) is 27.5 Å². The van der Waals surface area contributed by atoms with Crippen LogP contribution in [0, 0.1) is 0 Å². The van der Waals surface area contributed by atoms with Crippen molar-refractivity contribution in [1.29, 1.82) is 0 Å². The fourth-order valence-corrected chi connectivity index (χ4v) is 4.37. The fraction of sp³-hybridized carbons (Fsp3) is 0.292. The second-order valence-corrected chi connectivity index (χ2v) is 8.02. The number of pyridine rings is 1. The zero-order chi connectivity index (χ0) is 22.8. The first-order valence-corrected chi connectivity index (χ1v) is 10.8. The number of hydrogen-bond acceptors (Lipinski definition) is 6. The number of nitrogens with one attached hydrogen (secondary N) is 1. The van der Waals surface area contributed by atoms with Crippen LogP contribution in [-0.2, 0) is 11.3 Å². The number of nitrogens with zero attached hydrogens (tertiary/aromatic N) is 3. The third kappa shape index (κ3) is 4.08. The Balaban J connectivity index is 1.57. The van der Waals surface area contributed by atoms with Crippen LogP contribution in [0.5, 0.6) is 5.75 Å². The molecule has 2 aromatic carbocycles. The molecule has 170 valence electrons. The van der Waals surface area contributed by atoms with E-state index in [1.165, 1.54) is 0 Å². The molecule has 0 saturated carbocycles. The maximum absolute atomic E-state index is 13.7. The lowest BCUT2D eigenvalue weighted by Crippen LogP contribution is -2.49. The number of rotatable bonds is 2. The van der Waals surface area contributed by atoms with Crippen molar-refractivity contribution in [3.63, 3.8) is 0 Å². The number of hydroxylamine groups is 1. The quantitative estimate of drug-likeness (QED) is 0.462. The van der Waals surface area contributed by atoms with Crippen LogP contribution < -0.4 is 10.2 Å². The van der Waals surface area contributed by atoms with Gasteiger partial charge in [-0.3, -0.25) is 15.0 Å². The summed E-state index contributed by atoms with van der Waals surface area (Å²) in [5, 5.41) is 9.97. The largest absolute Gasteiger partial charge is 0.491 e. The highest BCUT2D eigenvalue weighted by Crippen LogP contribution is 2.35. The zero-order valence-electron chi connectivity index (χ0n) is 17.9. The number of aromatic nitrogens is 1. The average molecular weight is 448 g/mol. The van der Waals surface area contributed by atoms with Gasteiger partial charge in [0.05, 0.1) is 31.3 Å². The Hall–Kier alpha value is -3.69. The number of fused-ring (bicyclic) bond motifs is 2. The minimum absolute atomic E-state index is 0.0927. The highest BCUT2D eigenvalue weighted by Gasteiger charge is 2.34. The standard InChI is InChI=1S/C24H24N4O5/c29-23(26-31)17-6-7-18-14-28(24(30)27-9-11-32-12-10-27)20(15-33-21(18)13-17)19-5-1-3-16-4-2-8-25-22(16)19/h1-8,13,20,31H,9-12,14-15H2,(H,26,29)/t20-/m0/s1. The summed E-state index contributed by atoms with van der Waals surface area (Å²) in [6, 6.07) is 14.3. The lowest BCUT2D eigenvalue weighted by Gasteiger charge is -2.36. The summed E-state index contributed by atoms with van der Waals surface area (Å²) in [6.45, 7) is 2.57. The summed E-state index contributed by atoms with van der Waals surface area (Å²) in [5.41, 5.74) is 4.41. The van der Waals surface area contributed by atoms with E-state index in [0.29, 0.717) is 38.6 Å². The molecule has 33 heavy (non-hydrogen) atoms. The Kier molecular flexibility index (Phi) is 5.80. The molecule has 3 amide bonds. The third-order valence-electron chi connectivity index (χ3n) is 6.09. The van der Waals surface area contributed by atoms with Crippen molar-refractivity contribution < 1.29 is 24.3 Å². The number of morpholine rings is 1. The molecule has 1 fully saturated rings. The molecule has 5 rings (SSSR count). The van der Waals surface area contributed by atoms with E-state index in [2.05, 4.69) is 4.98 Å². The lowest BCUT2D eigenvalue weighted by molar-refractivity contribution is 0.0363. The minimum atomic E-state index is -0.623. The summed E-state index contributed by atoms with van der Waals surface area (Å²) in [7, 11) is 0. The van der Waals surface area contributed by atoms with Crippen LogP contribution in [-0.4, -0.2) is 64.8 Å². The predicted octanol–water partition coefficient (Wildman–Crippen LogP) is 2.74. The summed E-state index contributed by atoms with van der Waals surface area (Å²) >= 11 is 0. The van der Waals surface area contributed by atoms with Crippen LogP contribution in [0.3, 0.4) is 0 Å².